The van der Waals surface area contributed by atoms with E-state index in [1.807, 2.05) is 11.3 Å². The number of thiophene rings is 1. The van der Waals surface area contributed by atoms with Crippen LogP contribution in [0.25, 0.3) is 10.1 Å². The molecule has 2 heteroatoms. The highest BCUT2D eigenvalue weighted by molar-refractivity contribution is 7.17. The van der Waals surface area contributed by atoms with Gasteiger partial charge in [0.15, 0.2) is 0 Å². The molecule has 0 N–H and O–H groups in total. The van der Waals surface area contributed by atoms with Crippen LogP contribution >= 0.6 is 22.9 Å². The number of rotatable bonds is 3. The van der Waals surface area contributed by atoms with Crippen LogP contribution in [0.5, 0.6) is 0 Å². The second-order valence-corrected chi connectivity index (χ2v) is 6.81. The highest BCUT2D eigenvalue weighted by atomic mass is 35.5. The predicted molar refractivity (Wildman–Crippen MR) is 81.8 cm³/mol. The zero-order chi connectivity index (χ0) is 12.4. The minimum Gasteiger partial charge on any atom is -0.144 e. The first-order chi connectivity index (χ1) is 8.83. The second kappa shape index (κ2) is 5.22. The van der Waals surface area contributed by atoms with E-state index in [0.29, 0.717) is 5.41 Å². The van der Waals surface area contributed by atoms with Gasteiger partial charge < -0.3 is 0 Å². The molecule has 1 aromatic heterocycles. The first-order valence-corrected chi connectivity index (χ1v) is 8.26. The summed E-state index contributed by atoms with van der Waals surface area (Å²) in [5.74, 6) is 0.817. The van der Waals surface area contributed by atoms with Crippen molar-refractivity contribution in [3.05, 3.63) is 35.2 Å². The molecule has 1 aliphatic rings. The summed E-state index contributed by atoms with van der Waals surface area (Å²) >= 11 is 8.18. The van der Waals surface area contributed by atoms with Gasteiger partial charge in [0.1, 0.15) is 0 Å². The monoisotopic (exact) mass is 278 g/mol. The van der Waals surface area contributed by atoms with Crippen LogP contribution in [-0.2, 0) is 6.42 Å². The van der Waals surface area contributed by atoms with Crippen molar-refractivity contribution in [1.29, 1.82) is 0 Å². The maximum Gasteiger partial charge on any atom is 0.0345 e. The predicted octanol–water partition coefficient (Wildman–Crippen LogP) is 5.63. The molecule has 3 rings (SSSR count). The van der Waals surface area contributed by atoms with Crippen molar-refractivity contribution in [3.63, 3.8) is 0 Å². The molecule has 1 aliphatic carbocycles. The third kappa shape index (κ3) is 2.31. The van der Waals surface area contributed by atoms with Gasteiger partial charge in [0.2, 0.25) is 0 Å². The van der Waals surface area contributed by atoms with Crippen molar-refractivity contribution in [2.45, 2.75) is 38.5 Å². The van der Waals surface area contributed by atoms with Gasteiger partial charge in [-0.1, -0.05) is 37.5 Å². The van der Waals surface area contributed by atoms with Crippen LogP contribution in [0.2, 0.25) is 0 Å². The van der Waals surface area contributed by atoms with E-state index in [0.717, 1.165) is 5.88 Å². The summed E-state index contributed by atoms with van der Waals surface area (Å²) in [7, 11) is 0. The fraction of sp³-hybridized carbons (Fsp3) is 0.500. The first-order valence-electron chi connectivity index (χ1n) is 6.84. The summed E-state index contributed by atoms with van der Waals surface area (Å²) in [6.07, 6.45) is 7.88. The number of hydrogen-bond donors (Lipinski definition) is 0. The van der Waals surface area contributed by atoms with E-state index in [9.17, 15) is 0 Å². The molecule has 0 nitrogen and oxygen atoms in total. The van der Waals surface area contributed by atoms with Crippen LogP contribution in [0, 0.1) is 5.41 Å². The maximum absolute atomic E-state index is 6.31. The van der Waals surface area contributed by atoms with Crippen molar-refractivity contribution in [3.8, 4) is 0 Å². The molecule has 0 amide bonds. The Morgan fingerprint density at radius 1 is 1.11 bits per heavy atom. The summed E-state index contributed by atoms with van der Waals surface area (Å²) in [6, 6.07) is 8.75. The number of halogens is 1. The number of hydrogen-bond acceptors (Lipinski definition) is 1. The number of fused-ring (bicyclic) bond motifs is 1. The first kappa shape index (κ1) is 12.5. The van der Waals surface area contributed by atoms with Crippen molar-refractivity contribution >= 4 is 33.0 Å². The molecule has 1 fully saturated rings. The van der Waals surface area contributed by atoms with Gasteiger partial charge in [-0.05, 0) is 47.1 Å². The smallest absolute Gasteiger partial charge is 0.0345 e. The van der Waals surface area contributed by atoms with Crippen LogP contribution in [0.3, 0.4) is 0 Å². The Balaban J connectivity index is 1.90. The van der Waals surface area contributed by atoms with E-state index in [2.05, 4.69) is 29.6 Å². The lowest BCUT2D eigenvalue weighted by Crippen LogP contribution is -2.28. The molecule has 0 spiro atoms. The molecule has 1 saturated carbocycles. The molecule has 0 radical (unpaired) electrons. The Morgan fingerprint density at radius 3 is 2.67 bits per heavy atom. The van der Waals surface area contributed by atoms with Crippen molar-refractivity contribution < 1.29 is 0 Å². The van der Waals surface area contributed by atoms with E-state index in [4.69, 9.17) is 11.6 Å². The highest BCUT2D eigenvalue weighted by Gasteiger charge is 2.31. The molecule has 0 bridgehead atoms. The van der Waals surface area contributed by atoms with Gasteiger partial charge in [-0.25, -0.2) is 0 Å². The van der Waals surface area contributed by atoms with Crippen LogP contribution in [-0.4, -0.2) is 5.88 Å². The fourth-order valence-electron chi connectivity index (χ4n) is 3.23. The van der Waals surface area contributed by atoms with Crippen molar-refractivity contribution in [1.82, 2.24) is 0 Å². The molecule has 2 aromatic rings. The molecule has 0 unspecified atom stereocenters. The lowest BCUT2D eigenvalue weighted by atomic mass is 9.72. The van der Waals surface area contributed by atoms with Crippen LogP contribution in [0.1, 0.15) is 37.7 Å². The van der Waals surface area contributed by atoms with Gasteiger partial charge in [0.25, 0.3) is 0 Å². The number of alkyl halides is 1. The quantitative estimate of drug-likeness (QED) is 0.638. The Labute approximate surface area is 118 Å². The molecule has 96 valence electrons. The standard InChI is InChI=1S/C16H19ClS/c17-12-16(8-4-1-5-9-16)10-13-11-18-15-7-3-2-6-14(13)15/h2-3,6-7,11H,1,4-5,8-10,12H2. The van der Waals surface area contributed by atoms with Gasteiger partial charge in [-0.3, -0.25) is 0 Å². The zero-order valence-electron chi connectivity index (χ0n) is 10.6. The second-order valence-electron chi connectivity index (χ2n) is 5.63. The molecule has 1 aromatic carbocycles. The summed E-state index contributed by atoms with van der Waals surface area (Å²) in [5.41, 5.74) is 1.88. The topological polar surface area (TPSA) is 0 Å². The Morgan fingerprint density at radius 2 is 1.89 bits per heavy atom. The fourth-order valence-corrected chi connectivity index (χ4v) is 4.56. The molecule has 0 aliphatic heterocycles. The van der Waals surface area contributed by atoms with Gasteiger partial charge in [0.05, 0.1) is 0 Å². The van der Waals surface area contributed by atoms with Gasteiger partial charge >= 0.3 is 0 Å². The molecule has 0 atom stereocenters. The van der Waals surface area contributed by atoms with Crippen molar-refractivity contribution in [2.75, 3.05) is 5.88 Å². The van der Waals surface area contributed by atoms with Gasteiger partial charge in [-0.2, -0.15) is 0 Å². The maximum atomic E-state index is 6.31. The summed E-state index contributed by atoms with van der Waals surface area (Å²) in [6.45, 7) is 0. The molecule has 18 heavy (non-hydrogen) atoms. The molecular weight excluding hydrogens is 260 g/mol. The number of benzene rings is 1. The lowest BCUT2D eigenvalue weighted by Gasteiger charge is -2.35. The normalized spacial score (nSPS) is 19.2. The Kier molecular flexibility index (Phi) is 3.63. The average molecular weight is 279 g/mol. The van der Waals surface area contributed by atoms with E-state index >= 15 is 0 Å². The summed E-state index contributed by atoms with van der Waals surface area (Å²) in [4.78, 5) is 0. The molecular formula is C16H19ClS. The highest BCUT2D eigenvalue weighted by Crippen LogP contribution is 2.42. The minimum absolute atomic E-state index is 0.365. The average Bonchev–Trinajstić information content (AvgIpc) is 2.83. The van der Waals surface area contributed by atoms with E-state index < -0.39 is 0 Å². The third-order valence-corrected chi connectivity index (χ3v) is 5.90. The van der Waals surface area contributed by atoms with Gasteiger partial charge in [-0.15, -0.1) is 22.9 Å². The summed E-state index contributed by atoms with van der Waals surface area (Å²) < 4.78 is 1.41. The van der Waals surface area contributed by atoms with Crippen LogP contribution in [0.4, 0.5) is 0 Å². The lowest BCUT2D eigenvalue weighted by molar-refractivity contribution is 0.220. The molecule has 0 saturated heterocycles. The van der Waals surface area contributed by atoms with E-state index in [1.54, 1.807) is 0 Å². The van der Waals surface area contributed by atoms with Gasteiger partial charge in [0, 0.05) is 10.6 Å². The molecule has 1 heterocycles. The SMILES string of the molecule is ClCC1(Cc2csc3ccccc23)CCCCC1. The van der Waals surface area contributed by atoms with Crippen molar-refractivity contribution in [2.24, 2.45) is 5.41 Å². The van der Waals surface area contributed by atoms with E-state index in [-0.39, 0.29) is 0 Å². The Bertz CT molecular complexity index is 523. The van der Waals surface area contributed by atoms with Crippen LogP contribution in [0.15, 0.2) is 29.6 Å². The van der Waals surface area contributed by atoms with Crippen LogP contribution < -0.4 is 0 Å². The summed E-state index contributed by atoms with van der Waals surface area (Å²) in [5, 5.41) is 3.78. The third-order valence-electron chi connectivity index (χ3n) is 4.32. The Hall–Kier alpha value is -0.530. The van der Waals surface area contributed by atoms with E-state index in [1.165, 1.54) is 54.2 Å². The largest absolute Gasteiger partial charge is 0.144 e. The minimum atomic E-state index is 0.365. The zero-order valence-corrected chi connectivity index (χ0v) is 12.2.